The second-order valence-corrected chi connectivity index (χ2v) is 7.22. The summed E-state index contributed by atoms with van der Waals surface area (Å²) in [6, 6.07) is 12.8. The van der Waals surface area contributed by atoms with E-state index in [1.165, 1.54) is 30.2 Å². The summed E-state index contributed by atoms with van der Waals surface area (Å²) in [5.41, 5.74) is -0.515. The number of rotatable bonds is 3. The highest BCUT2D eigenvalue weighted by Crippen LogP contribution is 2.28. The van der Waals surface area contributed by atoms with Gasteiger partial charge in [-0.2, -0.15) is 13.2 Å². The van der Waals surface area contributed by atoms with Crippen molar-refractivity contribution in [3.8, 4) is 11.8 Å². The lowest BCUT2D eigenvalue weighted by molar-refractivity contribution is -0.0696. The monoisotopic (exact) mass is 446 g/mol. The van der Waals surface area contributed by atoms with Gasteiger partial charge in [0.05, 0.1) is 5.56 Å². The van der Waals surface area contributed by atoms with Crippen molar-refractivity contribution < 1.29 is 30.7 Å². The van der Waals surface area contributed by atoms with E-state index in [0.717, 1.165) is 12.0 Å². The molecule has 0 nitrogen and oxygen atoms in total. The lowest BCUT2D eigenvalue weighted by atomic mass is 9.97. The van der Waals surface area contributed by atoms with Crippen LogP contribution in [0.3, 0.4) is 0 Å². The number of fused-ring (bicyclic) bond motifs is 2. The van der Waals surface area contributed by atoms with Gasteiger partial charge in [-0.05, 0) is 41.3 Å². The van der Waals surface area contributed by atoms with Crippen LogP contribution in [0.15, 0.2) is 54.6 Å². The molecule has 0 amide bonds. The molecule has 4 rings (SSSR count). The Bertz CT molecular complexity index is 1410. The quantitative estimate of drug-likeness (QED) is 0.230. The molecule has 0 atom stereocenters. The predicted octanol–water partition coefficient (Wildman–Crippen LogP) is 7.25. The lowest BCUT2D eigenvalue weighted by Crippen LogP contribution is -2.03. The summed E-state index contributed by atoms with van der Waals surface area (Å²) in [4.78, 5) is 0. The largest absolute Gasteiger partial charge is 0.458 e. The molecule has 0 aliphatic rings. The summed E-state index contributed by atoms with van der Waals surface area (Å²) in [6.07, 6.45) is -4.69. The SMILES string of the molecule is Fc1cc2cc(CCc3c(F)cc4ccccc4c3F)ccc2c(F)c1C#CC(F)(F)F. The fourth-order valence-electron chi connectivity index (χ4n) is 3.60. The van der Waals surface area contributed by atoms with E-state index in [4.69, 9.17) is 0 Å². The van der Waals surface area contributed by atoms with Gasteiger partial charge in [0.1, 0.15) is 23.3 Å². The second-order valence-electron chi connectivity index (χ2n) is 7.22. The molecule has 0 aliphatic heterocycles. The molecular weight excluding hydrogens is 433 g/mol. The Morgan fingerprint density at radius 2 is 1.38 bits per heavy atom. The first-order chi connectivity index (χ1) is 15.1. The first-order valence-corrected chi connectivity index (χ1v) is 9.50. The fraction of sp³-hybridized carbons (Fsp3) is 0.120. The molecule has 0 saturated heterocycles. The third-order valence-electron chi connectivity index (χ3n) is 5.12. The van der Waals surface area contributed by atoms with Crippen molar-refractivity contribution in [2.45, 2.75) is 19.0 Å². The van der Waals surface area contributed by atoms with E-state index < -0.39 is 35.0 Å². The molecule has 4 aromatic rings. The van der Waals surface area contributed by atoms with Crippen molar-refractivity contribution in [2.75, 3.05) is 0 Å². The smallest absolute Gasteiger partial charge is 0.207 e. The van der Waals surface area contributed by atoms with E-state index in [-0.39, 0.29) is 29.2 Å². The average molecular weight is 446 g/mol. The maximum atomic E-state index is 14.8. The molecule has 4 aromatic carbocycles. The number of hydrogen-bond donors (Lipinski definition) is 0. The normalized spacial score (nSPS) is 11.6. The van der Waals surface area contributed by atoms with Gasteiger partial charge in [-0.3, -0.25) is 0 Å². The van der Waals surface area contributed by atoms with Crippen molar-refractivity contribution >= 4 is 21.5 Å². The minimum atomic E-state index is -4.88. The number of alkyl halides is 3. The highest BCUT2D eigenvalue weighted by Gasteiger charge is 2.24. The van der Waals surface area contributed by atoms with Gasteiger partial charge in [0.2, 0.25) is 0 Å². The van der Waals surface area contributed by atoms with Crippen molar-refractivity contribution in [1.29, 1.82) is 0 Å². The Morgan fingerprint density at radius 1 is 0.688 bits per heavy atom. The number of halogens is 7. The first kappa shape index (κ1) is 21.7. The summed E-state index contributed by atoms with van der Waals surface area (Å²) >= 11 is 0. The van der Waals surface area contributed by atoms with Crippen molar-refractivity contribution in [2.24, 2.45) is 0 Å². The predicted molar refractivity (Wildman–Crippen MR) is 108 cm³/mol. The number of hydrogen-bond acceptors (Lipinski definition) is 0. The topological polar surface area (TPSA) is 0 Å². The van der Waals surface area contributed by atoms with Crippen LogP contribution in [-0.4, -0.2) is 6.18 Å². The van der Waals surface area contributed by atoms with Crippen LogP contribution in [0.2, 0.25) is 0 Å². The van der Waals surface area contributed by atoms with Crippen molar-refractivity contribution in [1.82, 2.24) is 0 Å². The third kappa shape index (κ3) is 4.26. The van der Waals surface area contributed by atoms with Crippen LogP contribution in [-0.2, 0) is 12.8 Å². The van der Waals surface area contributed by atoms with Gasteiger partial charge in [-0.15, -0.1) is 0 Å². The van der Waals surface area contributed by atoms with Crippen LogP contribution in [0.25, 0.3) is 21.5 Å². The van der Waals surface area contributed by atoms with Crippen LogP contribution in [0.4, 0.5) is 30.7 Å². The van der Waals surface area contributed by atoms with Gasteiger partial charge in [-0.1, -0.05) is 48.4 Å². The zero-order valence-electron chi connectivity index (χ0n) is 16.3. The van der Waals surface area contributed by atoms with Gasteiger partial charge in [-0.25, -0.2) is 17.6 Å². The van der Waals surface area contributed by atoms with E-state index >= 15 is 0 Å². The van der Waals surface area contributed by atoms with Gasteiger partial charge < -0.3 is 0 Å². The molecule has 0 aromatic heterocycles. The zero-order valence-corrected chi connectivity index (χ0v) is 16.3. The summed E-state index contributed by atoms with van der Waals surface area (Å²) in [6.45, 7) is 0. The van der Waals surface area contributed by atoms with Crippen LogP contribution in [0.5, 0.6) is 0 Å². The first-order valence-electron chi connectivity index (χ1n) is 9.50. The van der Waals surface area contributed by atoms with E-state index in [0.29, 0.717) is 16.3 Å². The molecule has 0 unspecified atom stereocenters. The Morgan fingerprint density at radius 3 is 2.12 bits per heavy atom. The Labute approximate surface area is 178 Å². The zero-order chi connectivity index (χ0) is 23.0. The number of benzene rings is 4. The van der Waals surface area contributed by atoms with Crippen LogP contribution < -0.4 is 0 Å². The molecule has 0 spiro atoms. The van der Waals surface area contributed by atoms with Crippen LogP contribution in [0, 0.1) is 35.1 Å². The van der Waals surface area contributed by atoms with Crippen LogP contribution >= 0.6 is 0 Å². The highest BCUT2D eigenvalue weighted by atomic mass is 19.4. The standard InChI is InChI=1S/C25H13F7/c26-21-12-15-3-1-2-4-17(15)23(28)19(21)8-6-14-5-7-18-16(11-14)13-22(27)20(24(18)29)9-10-25(30,31)32/h1-5,7,11-13H,6,8H2. The molecule has 0 heterocycles. The molecule has 32 heavy (non-hydrogen) atoms. The Balaban J connectivity index is 1.65. The van der Waals surface area contributed by atoms with Gasteiger partial charge in [0.15, 0.2) is 0 Å². The average Bonchev–Trinajstić information content (AvgIpc) is 2.72. The summed E-state index contributed by atoms with van der Waals surface area (Å²) < 4.78 is 94.7. The van der Waals surface area contributed by atoms with E-state index in [2.05, 4.69) is 0 Å². The molecule has 162 valence electrons. The summed E-state index contributed by atoms with van der Waals surface area (Å²) in [5, 5.41) is 0.727. The molecule has 7 heteroatoms. The minimum Gasteiger partial charge on any atom is -0.207 e. The van der Waals surface area contributed by atoms with E-state index in [1.54, 1.807) is 24.3 Å². The molecule has 0 N–H and O–H groups in total. The molecule has 0 radical (unpaired) electrons. The van der Waals surface area contributed by atoms with Gasteiger partial charge in [0, 0.05) is 22.3 Å². The van der Waals surface area contributed by atoms with Gasteiger partial charge >= 0.3 is 6.18 Å². The lowest BCUT2D eigenvalue weighted by Gasteiger charge is -2.10. The van der Waals surface area contributed by atoms with Crippen molar-refractivity contribution in [3.05, 3.63) is 94.6 Å². The van der Waals surface area contributed by atoms with Crippen LogP contribution in [0.1, 0.15) is 16.7 Å². The third-order valence-corrected chi connectivity index (χ3v) is 5.12. The molecular formula is C25H13F7. The summed E-state index contributed by atoms with van der Waals surface area (Å²) in [7, 11) is 0. The van der Waals surface area contributed by atoms with Gasteiger partial charge in [0.25, 0.3) is 0 Å². The molecule has 0 fully saturated rings. The molecule has 0 aliphatic carbocycles. The van der Waals surface area contributed by atoms with E-state index in [1.807, 2.05) is 0 Å². The number of aryl methyl sites for hydroxylation is 1. The van der Waals surface area contributed by atoms with E-state index in [9.17, 15) is 30.7 Å². The minimum absolute atomic E-state index is 0.00805. The summed E-state index contributed by atoms with van der Waals surface area (Å²) in [5.74, 6) is -1.42. The fourth-order valence-corrected chi connectivity index (χ4v) is 3.60. The Hall–Kier alpha value is -3.53. The second kappa shape index (κ2) is 8.19. The maximum Gasteiger partial charge on any atom is 0.458 e. The molecule has 0 saturated carbocycles. The Kier molecular flexibility index (Phi) is 5.55. The molecule has 0 bridgehead atoms. The highest BCUT2D eigenvalue weighted by molar-refractivity contribution is 5.86. The maximum absolute atomic E-state index is 14.8. The van der Waals surface area contributed by atoms with Crippen molar-refractivity contribution in [3.63, 3.8) is 0 Å².